The molecule has 3 nitrogen and oxygen atoms in total. The van der Waals surface area contributed by atoms with Crippen LogP contribution >= 0.6 is 11.3 Å². The molecule has 0 amide bonds. The molecule has 16 heavy (non-hydrogen) atoms. The Morgan fingerprint density at radius 2 is 2.25 bits per heavy atom. The minimum atomic E-state index is 0.244. The van der Waals surface area contributed by atoms with Gasteiger partial charge in [0.15, 0.2) is 0 Å². The van der Waals surface area contributed by atoms with Crippen molar-refractivity contribution in [3.05, 3.63) is 29.3 Å². The molecule has 0 spiro atoms. The number of rotatable bonds is 5. The summed E-state index contributed by atoms with van der Waals surface area (Å²) in [5, 5.41) is 3.89. The second-order valence-corrected chi connectivity index (χ2v) is 4.76. The Labute approximate surface area is 98.5 Å². The first-order valence-electron chi connectivity index (χ1n) is 5.30. The van der Waals surface area contributed by atoms with Gasteiger partial charge in [0.25, 0.3) is 0 Å². The molecule has 0 aliphatic heterocycles. The number of fused-ring (bicyclic) bond motifs is 1. The first-order chi connectivity index (χ1) is 7.79. The van der Waals surface area contributed by atoms with Crippen molar-refractivity contribution in [1.82, 2.24) is 10.3 Å². The highest BCUT2D eigenvalue weighted by Gasteiger charge is 2.08. The highest BCUT2D eigenvalue weighted by atomic mass is 32.1. The number of nitrogens with one attached hydrogen (secondary N) is 1. The van der Waals surface area contributed by atoms with Crippen LogP contribution in [0.25, 0.3) is 10.2 Å². The normalized spacial score (nSPS) is 10.8. The minimum Gasteiger partial charge on any atom is -0.319 e. The molecule has 0 fully saturated rings. The third kappa shape index (κ3) is 2.65. The predicted molar refractivity (Wildman–Crippen MR) is 66.9 cm³/mol. The summed E-state index contributed by atoms with van der Waals surface area (Å²) < 4.78 is 1.15. The molecule has 1 N–H and O–H groups in total. The molecule has 1 heterocycles. The lowest BCUT2D eigenvalue weighted by atomic mass is 10.2. The van der Waals surface area contributed by atoms with Crippen molar-refractivity contribution in [1.29, 1.82) is 0 Å². The number of hydrogen-bond donors (Lipinski definition) is 1. The van der Waals surface area contributed by atoms with E-state index in [1.807, 2.05) is 31.3 Å². The number of para-hydroxylation sites is 1. The van der Waals surface area contributed by atoms with Crippen LogP contribution in [-0.4, -0.2) is 24.4 Å². The Balaban J connectivity index is 2.07. The van der Waals surface area contributed by atoms with Gasteiger partial charge in [-0.2, -0.15) is 0 Å². The average molecular weight is 234 g/mol. The van der Waals surface area contributed by atoms with Crippen molar-refractivity contribution < 1.29 is 4.79 Å². The Hall–Kier alpha value is -1.26. The lowest BCUT2D eigenvalue weighted by molar-refractivity contribution is -0.118. The smallest absolute Gasteiger partial charge is 0.140 e. The topological polar surface area (TPSA) is 42.0 Å². The highest BCUT2D eigenvalue weighted by molar-refractivity contribution is 7.18. The fraction of sp³-hybridized carbons (Fsp3) is 0.333. The highest BCUT2D eigenvalue weighted by Crippen LogP contribution is 2.21. The van der Waals surface area contributed by atoms with Crippen molar-refractivity contribution >= 4 is 27.3 Å². The van der Waals surface area contributed by atoms with Crippen molar-refractivity contribution in [2.75, 3.05) is 13.6 Å². The summed E-state index contributed by atoms with van der Waals surface area (Å²) in [7, 11) is 1.85. The lowest BCUT2D eigenvalue weighted by Crippen LogP contribution is -2.14. The molecule has 2 aromatic rings. The molecule has 0 saturated carbocycles. The molecule has 1 aromatic carbocycles. The van der Waals surface area contributed by atoms with Crippen LogP contribution in [0.15, 0.2) is 24.3 Å². The van der Waals surface area contributed by atoms with E-state index < -0.39 is 0 Å². The maximum absolute atomic E-state index is 11.6. The fourth-order valence-electron chi connectivity index (χ4n) is 1.52. The SMILES string of the molecule is CNCCC(=O)Cc1nc2ccccc2s1. The molecule has 0 unspecified atom stereocenters. The van der Waals surface area contributed by atoms with Gasteiger partial charge in [0, 0.05) is 13.0 Å². The van der Waals surface area contributed by atoms with Gasteiger partial charge in [0.05, 0.1) is 16.6 Å². The van der Waals surface area contributed by atoms with Crippen molar-refractivity contribution in [3.63, 3.8) is 0 Å². The second-order valence-electron chi connectivity index (χ2n) is 3.64. The molecule has 4 heteroatoms. The summed E-state index contributed by atoms with van der Waals surface area (Å²) in [5.74, 6) is 0.244. The number of ketones is 1. The zero-order valence-corrected chi connectivity index (χ0v) is 10.0. The predicted octanol–water partition coefficient (Wildman–Crippen LogP) is 2.02. The van der Waals surface area contributed by atoms with Gasteiger partial charge in [-0.05, 0) is 19.2 Å². The summed E-state index contributed by atoms with van der Waals surface area (Å²) in [6, 6.07) is 7.98. The molecule has 0 aliphatic rings. The molecular weight excluding hydrogens is 220 g/mol. The Kier molecular flexibility index (Phi) is 3.64. The number of benzene rings is 1. The Morgan fingerprint density at radius 3 is 3.00 bits per heavy atom. The van der Waals surface area contributed by atoms with Crippen molar-refractivity contribution in [2.45, 2.75) is 12.8 Å². The molecule has 2 rings (SSSR count). The molecule has 0 saturated heterocycles. The third-order valence-electron chi connectivity index (χ3n) is 2.34. The van der Waals surface area contributed by atoms with E-state index in [1.54, 1.807) is 11.3 Å². The zero-order chi connectivity index (χ0) is 11.4. The summed E-state index contributed by atoms with van der Waals surface area (Å²) in [6.07, 6.45) is 1.04. The van der Waals surface area contributed by atoms with E-state index in [1.165, 1.54) is 0 Å². The first kappa shape index (κ1) is 11.2. The number of thiazole rings is 1. The average Bonchev–Trinajstić information content (AvgIpc) is 2.68. The molecule has 84 valence electrons. The van der Waals surface area contributed by atoms with Gasteiger partial charge in [-0.15, -0.1) is 11.3 Å². The Morgan fingerprint density at radius 1 is 1.44 bits per heavy atom. The van der Waals surface area contributed by atoms with E-state index in [-0.39, 0.29) is 5.78 Å². The molecule has 0 radical (unpaired) electrons. The number of hydrogen-bond acceptors (Lipinski definition) is 4. The maximum atomic E-state index is 11.6. The Bertz CT molecular complexity index is 459. The van der Waals surface area contributed by atoms with E-state index in [9.17, 15) is 4.79 Å². The van der Waals surface area contributed by atoms with E-state index >= 15 is 0 Å². The molecule has 1 aromatic heterocycles. The molecular formula is C12H14N2OS. The van der Waals surface area contributed by atoms with E-state index in [2.05, 4.69) is 10.3 Å². The van der Waals surface area contributed by atoms with Gasteiger partial charge in [-0.25, -0.2) is 4.98 Å². The van der Waals surface area contributed by atoms with Crippen LogP contribution in [0.4, 0.5) is 0 Å². The maximum Gasteiger partial charge on any atom is 0.140 e. The van der Waals surface area contributed by atoms with Gasteiger partial charge < -0.3 is 5.32 Å². The van der Waals surface area contributed by atoms with Crippen LogP contribution in [0.2, 0.25) is 0 Å². The molecule has 0 aliphatic carbocycles. The van der Waals surface area contributed by atoms with Gasteiger partial charge in [-0.3, -0.25) is 4.79 Å². The summed E-state index contributed by atoms with van der Waals surface area (Å²) in [4.78, 5) is 16.0. The van der Waals surface area contributed by atoms with E-state index in [4.69, 9.17) is 0 Å². The van der Waals surface area contributed by atoms with Crippen LogP contribution < -0.4 is 5.32 Å². The number of nitrogens with zero attached hydrogens (tertiary/aromatic N) is 1. The summed E-state index contributed by atoms with van der Waals surface area (Å²) >= 11 is 1.61. The van der Waals surface area contributed by atoms with Crippen molar-refractivity contribution in [2.24, 2.45) is 0 Å². The number of carbonyl (C=O) groups excluding carboxylic acids is 1. The van der Waals surface area contributed by atoms with Crippen LogP contribution in [0.1, 0.15) is 11.4 Å². The molecule has 0 atom stereocenters. The fourth-order valence-corrected chi connectivity index (χ4v) is 2.51. The van der Waals surface area contributed by atoms with Crippen LogP contribution in [0.3, 0.4) is 0 Å². The van der Waals surface area contributed by atoms with Gasteiger partial charge in [0.1, 0.15) is 10.8 Å². The third-order valence-corrected chi connectivity index (χ3v) is 3.38. The van der Waals surface area contributed by atoms with Crippen molar-refractivity contribution in [3.8, 4) is 0 Å². The molecule has 0 bridgehead atoms. The van der Waals surface area contributed by atoms with Gasteiger partial charge in [-0.1, -0.05) is 12.1 Å². The van der Waals surface area contributed by atoms with Crippen LogP contribution in [0.5, 0.6) is 0 Å². The van der Waals surface area contributed by atoms with Crippen LogP contribution in [0, 0.1) is 0 Å². The quantitative estimate of drug-likeness (QED) is 0.860. The zero-order valence-electron chi connectivity index (χ0n) is 9.19. The largest absolute Gasteiger partial charge is 0.319 e. The summed E-state index contributed by atoms with van der Waals surface area (Å²) in [6.45, 7) is 0.740. The second kappa shape index (κ2) is 5.18. The lowest BCUT2D eigenvalue weighted by Gasteiger charge is -1.96. The first-order valence-corrected chi connectivity index (χ1v) is 6.12. The van der Waals surface area contributed by atoms with Crippen LogP contribution in [-0.2, 0) is 11.2 Å². The number of aromatic nitrogens is 1. The summed E-state index contributed by atoms with van der Waals surface area (Å²) in [5.41, 5.74) is 0.990. The van der Waals surface area contributed by atoms with E-state index in [0.29, 0.717) is 12.8 Å². The number of Topliss-reactive ketones (excluding diaryl/α,β-unsaturated/α-hetero) is 1. The monoisotopic (exact) mass is 234 g/mol. The van der Waals surface area contributed by atoms with E-state index in [0.717, 1.165) is 21.8 Å². The van der Waals surface area contributed by atoms with Gasteiger partial charge in [0.2, 0.25) is 0 Å². The van der Waals surface area contributed by atoms with Gasteiger partial charge >= 0.3 is 0 Å². The number of carbonyl (C=O) groups is 1. The minimum absolute atomic E-state index is 0.244. The standard InChI is InChI=1S/C12H14N2OS/c1-13-7-6-9(15)8-12-14-10-4-2-3-5-11(10)16-12/h2-5,13H,6-8H2,1H3.